The first-order chi connectivity index (χ1) is 13.9. The number of ketones is 1. The standard InChI is InChI=1S/C23H29NO5/c1-23(2)12-18(25)11-20(29-23)22(26)24(13-16-7-4-3-5-8-16)14-17-9-6-10-19-21(17)28-15-27-19/h6,9-11,16H,3-5,7-8,12-15H2,1-2H3. The fourth-order valence-electron chi connectivity index (χ4n) is 4.46. The van der Waals surface area contributed by atoms with E-state index in [0.29, 0.717) is 30.5 Å². The fraction of sp³-hybridized carbons (Fsp3) is 0.565. The minimum atomic E-state index is -0.668. The summed E-state index contributed by atoms with van der Waals surface area (Å²) in [5.41, 5.74) is 0.240. The molecule has 1 saturated carbocycles. The van der Waals surface area contributed by atoms with Crippen LogP contribution in [0.15, 0.2) is 30.0 Å². The molecule has 6 nitrogen and oxygen atoms in total. The van der Waals surface area contributed by atoms with E-state index >= 15 is 0 Å². The average molecular weight is 399 g/mol. The number of nitrogens with zero attached hydrogens (tertiary/aromatic N) is 1. The van der Waals surface area contributed by atoms with E-state index in [9.17, 15) is 9.59 Å². The zero-order valence-electron chi connectivity index (χ0n) is 17.2. The van der Waals surface area contributed by atoms with Gasteiger partial charge in [-0.05, 0) is 38.7 Å². The number of para-hydroxylation sites is 1. The van der Waals surface area contributed by atoms with Crippen LogP contribution in [0.25, 0.3) is 0 Å². The number of fused-ring (bicyclic) bond motifs is 1. The van der Waals surface area contributed by atoms with Crippen molar-refractivity contribution >= 4 is 11.7 Å². The van der Waals surface area contributed by atoms with E-state index in [1.165, 1.54) is 25.3 Å². The van der Waals surface area contributed by atoms with Gasteiger partial charge in [0.2, 0.25) is 6.79 Å². The summed E-state index contributed by atoms with van der Waals surface area (Å²) in [5.74, 6) is 1.72. The lowest BCUT2D eigenvalue weighted by Gasteiger charge is -2.34. The smallest absolute Gasteiger partial charge is 0.289 e. The first-order valence-corrected chi connectivity index (χ1v) is 10.5. The lowest BCUT2D eigenvalue weighted by Crippen LogP contribution is -2.41. The van der Waals surface area contributed by atoms with Crippen LogP contribution in [0.3, 0.4) is 0 Å². The van der Waals surface area contributed by atoms with E-state index < -0.39 is 5.60 Å². The topological polar surface area (TPSA) is 65.1 Å². The molecule has 4 rings (SSSR count). The maximum atomic E-state index is 13.4. The molecule has 0 atom stereocenters. The first-order valence-electron chi connectivity index (χ1n) is 10.5. The van der Waals surface area contributed by atoms with Crippen molar-refractivity contribution in [3.63, 3.8) is 0 Å². The van der Waals surface area contributed by atoms with Crippen molar-refractivity contribution in [1.82, 2.24) is 4.90 Å². The van der Waals surface area contributed by atoms with Crippen molar-refractivity contribution in [1.29, 1.82) is 0 Å². The second-order valence-corrected chi connectivity index (χ2v) is 8.85. The number of hydrogen-bond acceptors (Lipinski definition) is 5. The summed E-state index contributed by atoms with van der Waals surface area (Å²) in [7, 11) is 0. The number of rotatable bonds is 5. The Bertz CT molecular complexity index is 823. The Labute approximate surface area is 171 Å². The van der Waals surface area contributed by atoms with Crippen molar-refractivity contribution in [2.24, 2.45) is 5.92 Å². The van der Waals surface area contributed by atoms with Gasteiger partial charge in [-0.1, -0.05) is 31.4 Å². The molecule has 0 spiro atoms. The molecule has 1 aromatic rings. The molecular formula is C23H29NO5. The third-order valence-corrected chi connectivity index (χ3v) is 5.82. The van der Waals surface area contributed by atoms with Gasteiger partial charge < -0.3 is 19.1 Å². The van der Waals surface area contributed by atoms with Gasteiger partial charge in [0.1, 0.15) is 5.60 Å². The molecule has 2 aliphatic heterocycles. The molecule has 1 fully saturated rings. The van der Waals surface area contributed by atoms with Crippen LogP contribution in [-0.4, -0.2) is 35.5 Å². The van der Waals surface area contributed by atoms with E-state index in [1.807, 2.05) is 36.9 Å². The van der Waals surface area contributed by atoms with E-state index in [0.717, 1.165) is 18.4 Å². The highest BCUT2D eigenvalue weighted by Gasteiger charge is 2.35. The quantitative estimate of drug-likeness (QED) is 0.749. The molecule has 156 valence electrons. The van der Waals surface area contributed by atoms with Crippen LogP contribution in [-0.2, 0) is 20.9 Å². The van der Waals surface area contributed by atoms with Crippen molar-refractivity contribution in [2.45, 2.75) is 64.5 Å². The summed E-state index contributed by atoms with van der Waals surface area (Å²) in [6.07, 6.45) is 7.56. The molecule has 29 heavy (non-hydrogen) atoms. The summed E-state index contributed by atoms with van der Waals surface area (Å²) < 4.78 is 17.0. The predicted octanol–water partition coefficient (Wildman–Crippen LogP) is 3.98. The zero-order valence-corrected chi connectivity index (χ0v) is 17.2. The second-order valence-electron chi connectivity index (χ2n) is 8.85. The lowest BCUT2D eigenvalue weighted by molar-refractivity contribution is -0.139. The molecule has 0 unspecified atom stereocenters. The van der Waals surface area contributed by atoms with Crippen molar-refractivity contribution in [3.05, 3.63) is 35.6 Å². The Morgan fingerprint density at radius 1 is 1.17 bits per heavy atom. The molecule has 1 aliphatic carbocycles. The maximum absolute atomic E-state index is 13.4. The molecule has 0 radical (unpaired) electrons. The normalized spacial score (nSPS) is 20.8. The van der Waals surface area contributed by atoms with Crippen molar-refractivity contribution in [2.75, 3.05) is 13.3 Å². The van der Waals surface area contributed by atoms with Crippen molar-refractivity contribution in [3.8, 4) is 11.5 Å². The van der Waals surface area contributed by atoms with Gasteiger partial charge in [-0.2, -0.15) is 0 Å². The van der Waals surface area contributed by atoms with Gasteiger partial charge in [0.15, 0.2) is 23.0 Å². The van der Waals surface area contributed by atoms with E-state index in [2.05, 4.69) is 0 Å². The Kier molecular flexibility index (Phi) is 5.52. The summed E-state index contributed by atoms with van der Waals surface area (Å²) in [4.78, 5) is 27.4. The second kappa shape index (κ2) is 8.09. The van der Waals surface area contributed by atoms with E-state index in [-0.39, 0.29) is 30.7 Å². The highest BCUT2D eigenvalue weighted by molar-refractivity contribution is 6.01. The summed E-state index contributed by atoms with van der Waals surface area (Å²) in [5, 5.41) is 0. The van der Waals surface area contributed by atoms with E-state index in [4.69, 9.17) is 14.2 Å². The highest BCUT2D eigenvalue weighted by atomic mass is 16.7. The van der Waals surface area contributed by atoms with Crippen LogP contribution in [0.1, 0.15) is 57.9 Å². The molecule has 1 aromatic carbocycles. The number of allylic oxidation sites excluding steroid dienone is 1. The Hall–Kier alpha value is -2.50. The molecule has 0 bridgehead atoms. The van der Waals surface area contributed by atoms with Gasteiger partial charge in [-0.25, -0.2) is 0 Å². The number of carbonyl (C=O) groups excluding carboxylic acids is 2. The molecule has 2 heterocycles. The minimum absolute atomic E-state index is 0.0699. The number of ether oxygens (including phenoxy) is 3. The molecule has 1 amide bonds. The fourth-order valence-corrected chi connectivity index (χ4v) is 4.46. The third-order valence-electron chi connectivity index (χ3n) is 5.82. The minimum Gasteiger partial charge on any atom is -0.481 e. The van der Waals surface area contributed by atoms with Gasteiger partial charge in [-0.3, -0.25) is 9.59 Å². The van der Waals surface area contributed by atoms with Crippen LogP contribution in [0.4, 0.5) is 0 Å². The Morgan fingerprint density at radius 3 is 2.72 bits per heavy atom. The molecule has 6 heteroatoms. The van der Waals surface area contributed by atoms with Crippen LogP contribution < -0.4 is 9.47 Å². The SMILES string of the molecule is CC1(C)CC(=O)C=C(C(=O)N(Cc2cccc3c2OCO3)CC2CCCCC2)O1. The van der Waals surface area contributed by atoms with Crippen LogP contribution in [0.5, 0.6) is 11.5 Å². The molecular weight excluding hydrogens is 370 g/mol. The van der Waals surface area contributed by atoms with Gasteiger partial charge in [-0.15, -0.1) is 0 Å². The van der Waals surface area contributed by atoms with Gasteiger partial charge >= 0.3 is 0 Å². The summed E-state index contributed by atoms with van der Waals surface area (Å²) >= 11 is 0. The van der Waals surface area contributed by atoms with Crippen molar-refractivity contribution < 1.29 is 23.8 Å². The van der Waals surface area contributed by atoms with Gasteiger partial charge in [0.25, 0.3) is 5.91 Å². The zero-order chi connectivity index (χ0) is 20.4. The lowest BCUT2D eigenvalue weighted by atomic mass is 9.88. The van der Waals surface area contributed by atoms with Gasteiger partial charge in [0, 0.05) is 31.1 Å². The van der Waals surface area contributed by atoms with Crippen LogP contribution in [0, 0.1) is 5.92 Å². The molecule has 0 N–H and O–H groups in total. The average Bonchev–Trinajstić information content (AvgIpc) is 3.16. The number of carbonyl (C=O) groups is 2. The Balaban J connectivity index is 1.59. The molecule has 0 saturated heterocycles. The van der Waals surface area contributed by atoms with Crippen LogP contribution in [0.2, 0.25) is 0 Å². The highest BCUT2D eigenvalue weighted by Crippen LogP contribution is 2.37. The molecule has 0 aromatic heterocycles. The number of hydrogen-bond donors (Lipinski definition) is 0. The van der Waals surface area contributed by atoms with E-state index in [1.54, 1.807) is 0 Å². The summed E-state index contributed by atoms with van der Waals surface area (Å²) in [6, 6.07) is 5.74. The third kappa shape index (κ3) is 4.57. The predicted molar refractivity (Wildman–Crippen MR) is 107 cm³/mol. The maximum Gasteiger partial charge on any atom is 0.289 e. The Morgan fingerprint density at radius 2 is 1.97 bits per heavy atom. The molecule has 3 aliphatic rings. The largest absolute Gasteiger partial charge is 0.481 e. The van der Waals surface area contributed by atoms with Crippen LogP contribution >= 0.6 is 0 Å². The summed E-state index contributed by atoms with van der Waals surface area (Å²) in [6.45, 7) is 4.92. The monoisotopic (exact) mass is 399 g/mol. The number of amides is 1. The first kappa shape index (κ1) is 19.8. The van der Waals surface area contributed by atoms with Gasteiger partial charge in [0.05, 0.1) is 0 Å². The number of benzene rings is 1.